The van der Waals surface area contributed by atoms with Crippen molar-refractivity contribution in [3.63, 3.8) is 0 Å². The molecule has 190 valence electrons. The fraction of sp³-hybridized carbons (Fsp3) is 0.654. The van der Waals surface area contributed by atoms with E-state index < -0.39 is 17.9 Å². The minimum absolute atomic E-state index is 0.110. The fourth-order valence-electron chi connectivity index (χ4n) is 5.77. The highest BCUT2D eigenvalue weighted by Crippen LogP contribution is 2.36. The number of carbonyl (C=O) groups excluding carboxylic acids is 3. The summed E-state index contributed by atoms with van der Waals surface area (Å²) < 4.78 is 5.47. The monoisotopic (exact) mass is 484 g/mol. The zero-order valence-corrected chi connectivity index (χ0v) is 20.8. The van der Waals surface area contributed by atoms with Crippen LogP contribution in [0.3, 0.4) is 0 Å². The number of hydrogen-bond acceptors (Lipinski definition) is 6. The summed E-state index contributed by atoms with van der Waals surface area (Å²) in [6, 6.07) is 5.47. The Balaban J connectivity index is 1.15. The Labute approximate surface area is 206 Å². The van der Waals surface area contributed by atoms with Crippen molar-refractivity contribution in [2.24, 2.45) is 11.8 Å². The predicted molar refractivity (Wildman–Crippen MR) is 130 cm³/mol. The van der Waals surface area contributed by atoms with Gasteiger partial charge in [0.1, 0.15) is 17.9 Å². The summed E-state index contributed by atoms with van der Waals surface area (Å²) in [5.41, 5.74) is 2.28. The number of likely N-dealkylation sites (tertiary alicyclic amines) is 1. The van der Waals surface area contributed by atoms with Gasteiger partial charge in [-0.05, 0) is 82.1 Å². The summed E-state index contributed by atoms with van der Waals surface area (Å²) in [4.78, 5) is 43.3. The van der Waals surface area contributed by atoms with Crippen LogP contribution in [-0.4, -0.2) is 76.9 Å². The van der Waals surface area contributed by atoms with Crippen molar-refractivity contribution < 1.29 is 24.2 Å². The quantitative estimate of drug-likeness (QED) is 0.683. The van der Waals surface area contributed by atoms with E-state index in [2.05, 4.69) is 16.3 Å². The van der Waals surface area contributed by atoms with Gasteiger partial charge in [0.05, 0.1) is 0 Å². The van der Waals surface area contributed by atoms with E-state index in [1.54, 1.807) is 9.80 Å². The number of aliphatic hydroxyl groups excluding tert-OH is 1. The van der Waals surface area contributed by atoms with Crippen LogP contribution in [0.25, 0.3) is 0 Å². The Bertz CT molecular complexity index is 1010. The minimum Gasteiger partial charge on any atom is -0.444 e. The highest BCUT2D eigenvalue weighted by molar-refractivity contribution is 6.01. The molecule has 2 N–H and O–H groups in total. The lowest BCUT2D eigenvalue weighted by molar-refractivity contribution is -0.132. The Morgan fingerprint density at radius 3 is 2.43 bits per heavy atom. The zero-order valence-electron chi connectivity index (χ0n) is 20.8. The molecule has 3 saturated heterocycles. The number of aliphatic hydroxyl groups is 1. The summed E-state index contributed by atoms with van der Waals surface area (Å²) in [6.07, 6.45) is 2.05. The molecule has 9 heteroatoms. The standard InChI is InChI=1S/C26H36N4O5/c1-26(2,3)35-25(34)29-13-18(14-29)16-8-10-28(11-9-16)19-4-5-20-17(12-19)15-30(24(20)33)21-6-7-22(31)27-23(21)32/h4-5,12,16,18,21-22,31H,6-11,13-15H2,1-3H3,(H,27,32). The largest absolute Gasteiger partial charge is 0.444 e. The molecule has 0 spiro atoms. The molecule has 0 radical (unpaired) electrons. The summed E-state index contributed by atoms with van der Waals surface area (Å²) in [5.74, 6) is 0.752. The van der Waals surface area contributed by atoms with Crippen molar-refractivity contribution in [1.29, 1.82) is 0 Å². The lowest BCUT2D eigenvalue weighted by atomic mass is 9.79. The third-order valence-corrected chi connectivity index (χ3v) is 7.75. The van der Waals surface area contributed by atoms with Gasteiger partial charge in [-0.1, -0.05) is 0 Å². The Morgan fingerprint density at radius 1 is 1.06 bits per heavy atom. The summed E-state index contributed by atoms with van der Waals surface area (Å²) in [6.45, 7) is 9.56. The highest BCUT2D eigenvalue weighted by Gasteiger charge is 2.41. The van der Waals surface area contributed by atoms with Gasteiger partial charge in [-0.25, -0.2) is 4.79 Å². The lowest BCUT2D eigenvalue weighted by Gasteiger charge is -2.46. The average Bonchev–Trinajstić information content (AvgIpc) is 3.07. The van der Waals surface area contributed by atoms with Gasteiger partial charge < -0.3 is 29.9 Å². The second kappa shape index (κ2) is 9.00. The molecule has 0 saturated carbocycles. The van der Waals surface area contributed by atoms with E-state index in [0.717, 1.165) is 50.3 Å². The van der Waals surface area contributed by atoms with Crippen LogP contribution in [-0.2, 0) is 16.1 Å². The van der Waals surface area contributed by atoms with Gasteiger partial charge in [-0.3, -0.25) is 9.59 Å². The number of nitrogens with zero attached hydrogens (tertiary/aromatic N) is 3. The molecule has 4 heterocycles. The molecule has 3 amide bonds. The lowest BCUT2D eigenvalue weighted by Crippen LogP contribution is -2.55. The Morgan fingerprint density at radius 2 is 1.77 bits per heavy atom. The maximum Gasteiger partial charge on any atom is 0.410 e. The first-order valence-electron chi connectivity index (χ1n) is 12.7. The van der Waals surface area contributed by atoms with Crippen LogP contribution in [0.2, 0.25) is 0 Å². The number of ether oxygens (including phenoxy) is 1. The number of hydrogen-bond donors (Lipinski definition) is 2. The number of piperidine rings is 2. The van der Waals surface area contributed by atoms with E-state index >= 15 is 0 Å². The van der Waals surface area contributed by atoms with Gasteiger partial charge in [-0.15, -0.1) is 0 Å². The van der Waals surface area contributed by atoms with Crippen molar-refractivity contribution in [2.75, 3.05) is 31.1 Å². The molecule has 3 fully saturated rings. The number of rotatable bonds is 3. The van der Waals surface area contributed by atoms with Crippen LogP contribution >= 0.6 is 0 Å². The van der Waals surface area contributed by atoms with Crippen molar-refractivity contribution in [1.82, 2.24) is 15.1 Å². The summed E-state index contributed by atoms with van der Waals surface area (Å²) in [5, 5.41) is 12.2. The fourth-order valence-corrected chi connectivity index (χ4v) is 5.77. The third kappa shape index (κ3) is 4.83. The van der Waals surface area contributed by atoms with Crippen molar-refractivity contribution in [3.8, 4) is 0 Å². The molecule has 0 aromatic heterocycles. The smallest absolute Gasteiger partial charge is 0.410 e. The van der Waals surface area contributed by atoms with Crippen LogP contribution in [0, 0.1) is 11.8 Å². The topological polar surface area (TPSA) is 102 Å². The molecule has 2 unspecified atom stereocenters. The van der Waals surface area contributed by atoms with Crippen LogP contribution in [0.1, 0.15) is 62.4 Å². The second-order valence-electron chi connectivity index (χ2n) is 11.4. The van der Waals surface area contributed by atoms with Crippen LogP contribution in [0.15, 0.2) is 18.2 Å². The van der Waals surface area contributed by atoms with Gasteiger partial charge in [0.25, 0.3) is 5.91 Å². The molecular formula is C26H36N4O5. The SMILES string of the molecule is CC(C)(C)OC(=O)N1CC(C2CCN(c3ccc4c(c3)CN(C3CCC(O)NC3=O)C4=O)CC2)C1. The number of amides is 3. The number of anilines is 1. The van der Waals surface area contributed by atoms with E-state index in [1.165, 1.54) is 0 Å². The normalized spacial score (nSPS) is 25.9. The molecular weight excluding hydrogens is 448 g/mol. The van der Waals surface area contributed by atoms with Crippen molar-refractivity contribution in [3.05, 3.63) is 29.3 Å². The molecule has 0 bridgehead atoms. The van der Waals surface area contributed by atoms with Gasteiger partial charge in [0.2, 0.25) is 5.91 Å². The highest BCUT2D eigenvalue weighted by atomic mass is 16.6. The molecule has 5 rings (SSSR count). The molecule has 4 aliphatic rings. The second-order valence-corrected chi connectivity index (χ2v) is 11.4. The van der Waals surface area contributed by atoms with E-state index in [1.807, 2.05) is 32.9 Å². The van der Waals surface area contributed by atoms with E-state index in [4.69, 9.17) is 4.74 Å². The first-order chi connectivity index (χ1) is 16.6. The van der Waals surface area contributed by atoms with Gasteiger partial charge >= 0.3 is 6.09 Å². The van der Waals surface area contributed by atoms with Crippen LogP contribution < -0.4 is 10.2 Å². The van der Waals surface area contributed by atoms with Crippen molar-refractivity contribution in [2.45, 2.75) is 70.9 Å². The average molecular weight is 485 g/mol. The van der Waals surface area contributed by atoms with E-state index in [0.29, 0.717) is 36.8 Å². The summed E-state index contributed by atoms with van der Waals surface area (Å²) in [7, 11) is 0. The Hall–Kier alpha value is -2.81. The molecule has 0 aliphatic carbocycles. The number of carbonyl (C=O) groups is 3. The first kappa shape index (κ1) is 23.9. The molecule has 4 aliphatic heterocycles. The summed E-state index contributed by atoms with van der Waals surface area (Å²) >= 11 is 0. The maximum atomic E-state index is 13.0. The first-order valence-corrected chi connectivity index (χ1v) is 12.7. The molecule has 9 nitrogen and oxygen atoms in total. The van der Waals surface area contributed by atoms with Gasteiger partial charge in [-0.2, -0.15) is 0 Å². The molecule has 1 aromatic carbocycles. The predicted octanol–water partition coefficient (Wildman–Crippen LogP) is 2.32. The third-order valence-electron chi connectivity index (χ3n) is 7.75. The molecule has 35 heavy (non-hydrogen) atoms. The molecule has 2 atom stereocenters. The number of nitrogens with one attached hydrogen (secondary N) is 1. The number of benzene rings is 1. The minimum atomic E-state index is -0.825. The van der Waals surface area contributed by atoms with Gasteiger partial charge in [0, 0.05) is 44.0 Å². The van der Waals surface area contributed by atoms with Crippen LogP contribution in [0.4, 0.5) is 10.5 Å². The van der Waals surface area contributed by atoms with Crippen LogP contribution in [0.5, 0.6) is 0 Å². The zero-order chi connectivity index (χ0) is 24.9. The molecule has 1 aromatic rings. The maximum absolute atomic E-state index is 13.0. The van der Waals surface area contributed by atoms with E-state index in [9.17, 15) is 19.5 Å². The Kier molecular flexibility index (Phi) is 6.15. The number of fused-ring (bicyclic) bond motifs is 1. The van der Waals surface area contributed by atoms with E-state index in [-0.39, 0.29) is 17.9 Å². The van der Waals surface area contributed by atoms with Crippen molar-refractivity contribution >= 4 is 23.6 Å². The van der Waals surface area contributed by atoms with Gasteiger partial charge in [0.15, 0.2) is 0 Å².